The Labute approximate surface area is 142 Å². The Hall–Kier alpha value is -0.0400. The van der Waals surface area contributed by atoms with Gasteiger partial charge in [-0.15, -0.1) is 0 Å². The molecule has 0 aromatic heterocycles. The third kappa shape index (κ3) is 14.9. The van der Waals surface area contributed by atoms with Crippen molar-refractivity contribution in [3.05, 3.63) is 0 Å². The Morgan fingerprint density at radius 3 is 1.18 bits per heavy atom. The Morgan fingerprint density at radius 2 is 0.864 bits per heavy atom. The first-order valence-corrected chi connectivity index (χ1v) is 10.3. The minimum absolute atomic E-state index is 0.803. The summed E-state index contributed by atoms with van der Waals surface area (Å²) in [6.07, 6.45) is 21.8. The molecular formula is C21H46N+. The summed E-state index contributed by atoms with van der Waals surface area (Å²) >= 11 is 0. The molecule has 0 fully saturated rings. The van der Waals surface area contributed by atoms with Crippen molar-refractivity contribution < 1.29 is 4.48 Å². The van der Waals surface area contributed by atoms with Crippen molar-refractivity contribution in [1.82, 2.24) is 0 Å². The van der Waals surface area contributed by atoms with E-state index in [1.807, 2.05) is 0 Å². The number of quaternary nitrogens is 1. The largest absolute Gasteiger partial charge is 0.329 e. The van der Waals surface area contributed by atoms with Crippen molar-refractivity contribution in [3.8, 4) is 0 Å². The van der Waals surface area contributed by atoms with Gasteiger partial charge in [0, 0.05) is 0 Å². The molecule has 1 unspecified atom stereocenters. The Morgan fingerprint density at radius 1 is 0.545 bits per heavy atom. The average molecular weight is 313 g/mol. The van der Waals surface area contributed by atoms with Gasteiger partial charge in [0.05, 0.1) is 27.2 Å². The first-order chi connectivity index (χ1) is 10.5. The number of unbranched alkanes of at least 4 members (excludes halogenated alkanes) is 13. The molecule has 0 spiro atoms. The molecule has 0 aromatic carbocycles. The fourth-order valence-corrected chi connectivity index (χ4v) is 3.02. The second-order valence-electron chi connectivity index (χ2n) is 8.35. The molecular weight excluding hydrogens is 266 g/mol. The van der Waals surface area contributed by atoms with Crippen LogP contribution < -0.4 is 0 Å². The van der Waals surface area contributed by atoms with Crippen molar-refractivity contribution in [2.24, 2.45) is 0 Å². The summed E-state index contributed by atoms with van der Waals surface area (Å²) in [5.41, 5.74) is 0. The van der Waals surface area contributed by atoms with Gasteiger partial charge in [0.2, 0.25) is 0 Å². The fraction of sp³-hybridized carbons (Fsp3) is 1.00. The molecule has 0 heterocycles. The molecule has 0 bridgehead atoms. The van der Waals surface area contributed by atoms with E-state index in [1.54, 1.807) is 0 Å². The minimum Gasteiger partial charge on any atom is -0.329 e. The van der Waals surface area contributed by atoms with E-state index in [4.69, 9.17) is 0 Å². The van der Waals surface area contributed by atoms with E-state index in [2.05, 4.69) is 35.0 Å². The number of nitrogens with zero attached hydrogens (tertiary/aromatic N) is 1. The summed E-state index contributed by atoms with van der Waals surface area (Å²) in [4.78, 5) is 0. The minimum atomic E-state index is 0.803. The summed E-state index contributed by atoms with van der Waals surface area (Å²) in [6, 6.07) is 0.803. The van der Waals surface area contributed by atoms with E-state index in [1.165, 1.54) is 96.3 Å². The van der Waals surface area contributed by atoms with Crippen molar-refractivity contribution in [1.29, 1.82) is 0 Å². The predicted molar refractivity (Wildman–Crippen MR) is 102 cm³/mol. The van der Waals surface area contributed by atoms with Gasteiger partial charge in [-0.1, -0.05) is 90.4 Å². The van der Waals surface area contributed by atoms with E-state index < -0.39 is 0 Å². The smallest absolute Gasteiger partial charge is 0.0855 e. The first-order valence-electron chi connectivity index (χ1n) is 10.3. The maximum absolute atomic E-state index is 2.39. The first kappa shape index (κ1) is 22.0. The van der Waals surface area contributed by atoms with Crippen LogP contribution in [0.1, 0.15) is 110 Å². The van der Waals surface area contributed by atoms with Crippen LogP contribution in [-0.2, 0) is 0 Å². The van der Waals surface area contributed by atoms with Gasteiger partial charge in [0.15, 0.2) is 0 Å². The third-order valence-corrected chi connectivity index (χ3v) is 5.30. The zero-order chi connectivity index (χ0) is 16.7. The molecule has 0 aliphatic carbocycles. The second-order valence-corrected chi connectivity index (χ2v) is 8.35. The summed E-state index contributed by atoms with van der Waals surface area (Å²) in [7, 11) is 6.94. The van der Waals surface area contributed by atoms with Gasteiger partial charge in [-0.2, -0.15) is 0 Å². The standard InChI is InChI=1S/C21H46N/c1-6-7-8-9-10-11-12-13-14-15-16-17-18-19-20-21(2)22(3,4)5/h21H,6-20H2,1-5H3/q+1. The highest BCUT2D eigenvalue weighted by atomic mass is 15.3. The van der Waals surface area contributed by atoms with Crippen LogP contribution in [0.4, 0.5) is 0 Å². The van der Waals surface area contributed by atoms with Gasteiger partial charge in [-0.05, 0) is 19.8 Å². The molecule has 0 N–H and O–H groups in total. The van der Waals surface area contributed by atoms with Crippen molar-refractivity contribution in [2.75, 3.05) is 21.1 Å². The normalized spacial score (nSPS) is 13.5. The average Bonchev–Trinajstić information content (AvgIpc) is 2.46. The lowest BCUT2D eigenvalue weighted by atomic mass is 10.0. The molecule has 1 heteroatoms. The SMILES string of the molecule is CCCCCCCCCCCCCCCCC(C)[N+](C)(C)C. The van der Waals surface area contributed by atoms with Crippen LogP contribution in [0.5, 0.6) is 0 Å². The van der Waals surface area contributed by atoms with Gasteiger partial charge in [0.25, 0.3) is 0 Å². The highest BCUT2D eigenvalue weighted by Gasteiger charge is 2.16. The van der Waals surface area contributed by atoms with Crippen LogP contribution in [0.15, 0.2) is 0 Å². The lowest BCUT2D eigenvalue weighted by molar-refractivity contribution is -0.894. The number of hydrogen-bond donors (Lipinski definition) is 0. The summed E-state index contributed by atoms with van der Waals surface area (Å²) in [6.45, 7) is 4.69. The Kier molecular flexibility index (Phi) is 14.5. The lowest BCUT2D eigenvalue weighted by Crippen LogP contribution is -2.43. The molecule has 134 valence electrons. The molecule has 1 nitrogen and oxygen atoms in total. The van der Waals surface area contributed by atoms with E-state index in [0.29, 0.717) is 0 Å². The quantitative estimate of drug-likeness (QED) is 0.213. The van der Waals surface area contributed by atoms with Gasteiger partial charge < -0.3 is 4.48 Å². The molecule has 0 saturated carbocycles. The monoisotopic (exact) mass is 312 g/mol. The maximum Gasteiger partial charge on any atom is 0.0855 e. The van der Waals surface area contributed by atoms with Crippen LogP contribution in [0.25, 0.3) is 0 Å². The molecule has 0 rings (SSSR count). The highest BCUT2D eigenvalue weighted by Crippen LogP contribution is 2.15. The van der Waals surface area contributed by atoms with Crippen LogP contribution in [0, 0.1) is 0 Å². The van der Waals surface area contributed by atoms with Crippen LogP contribution in [0.3, 0.4) is 0 Å². The fourth-order valence-electron chi connectivity index (χ4n) is 3.02. The molecule has 1 atom stereocenters. The molecule has 0 aliphatic heterocycles. The zero-order valence-corrected chi connectivity index (χ0v) is 16.6. The van der Waals surface area contributed by atoms with E-state index in [-0.39, 0.29) is 0 Å². The maximum atomic E-state index is 2.39. The molecule has 0 amide bonds. The number of hydrogen-bond acceptors (Lipinski definition) is 0. The van der Waals surface area contributed by atoms with Crippen LogP contribution in [0.2, 0.25) is 0 Å². The van der Waals surface area contributed by atoms with Crippen LogP contribution in [-0.4, -0.2) is 31.7 Å². The summed E-state index contributed by atoms with van der Waals surface area (Å²) < 4.78 is 1.11. The molecule has 0 aliphatic rings. The second kappa shape index (κ2) is 14.5. The van der Waals surface area contributed by atoms with Crippen molar-refractivity contribution in [3.63, 3.8) is 0 Å². The molecule has 22 heavy (non-hydrogen) atoms. The van der Waals surface area contributed by atoms with E-state index in [9.17, 15) is 0 Å². The van der Waals surface area contributed by atoms with Gasteiger partial charge in [-0.3, -0.25) is 0 Å². The van der Waals surface area contributed by atoms with Crippen molar-refractivity contribution in [2.45, 2.75) is 116 Å². The molecule has 0 saturated heterocycles. The van der Waals surface area contributed by atoms with Crippen molar-refractivity contribution >= 4 is 0 Å². The Bertz CT molecular complexity index is 216. The van der Waals surface area contributed by atoms with E-state index in [0.717, 1.165) is 10.5 Å². The van der Waals surface area contributed by atoms with Gasteiger partial charge in [0.1, 0.15) is 0 Å². The summed E-state index contributed by atoms with van der Waals surface area (Å²) in [5, 5.41) is 0. The molecule has 0 radical (unpaired) electrons. The number of rotatable bonds is 16. The topological polar surface area (TPSA) is 0 Å². The predicted octanol–water partition coefficient (Wildman–Crippen LogP) is 6.95. The van der Waals surface area contributed by atoms with Crippen LogP contribution >= 0.6 is 0 Å². The zero-order valence-electron chi connectivity index (χ0n) is 16.6. The Balaban J connectivity index is 3.12. The lowest BCUT2D eigenvalue weighted by Gasteiger charge is -2.31. The van der Waals surface area contributed by atoms with E-state index >= 15 is 0 Å². The highest BCUT2D eigenvalue weighted by molar-refractivity contribution is 4.53. The third-order valence-electron chi connectivity index (χ3n) is 5.30. The van der Waals surface area contributed by atoms with Gasteiger partial charge in [-0.25, -0.2) is 0 Å². The van der Waals surface area contributed by atoms with Gasteiger partial charge >= 0.3 is 0 Å². The molecule has 0 aromatic rings. The summed E-state index contributed by atoms with van der Waals surface area (Å²) in [5.74, 6) is 0.